The first-order chi connectivity index (χ1) is 8.35. The molecule has 0 unspecified atom stereocenters. The summed E-state index contributed by atoms with van der Waals surface area (Å²) in [5.41, 5.74) is 0.184. The van der Waals surface area contributed by atoms with Gasteiger partial charge >= 0.3 is 6.03 Å². The van der Waals surface area contributed by atoms with E-state index in [4.69, 9.17) is 0 Å². The van der Waals surface area contributed by atoms with Gasteiger partial charge in [0.15, 0.2) is 0 Å². The van der Waals surface area contributed by atoms with Gasteiger partial charge in [-0.3, -0.25) is 5.32 Å². The molecule has 2 amide bonds. The van der Waals surface area contributed by atoms with Crippen molar-refractivity contribution in [1.29, 1.82) is 0 Å². The quantitative estimate of drug-likeness (QED) is 0.783. The van der Waals surface area contributed by atoms with Crippen LogP contribution >= 0.6 is 15.9 Å². The number of nitrogens with zero attached hydrogens (tertiary/aromatic N) is 1. The molecule has 6 heteroatoms. The molecule has 98 valence electrons. The molecule has 0 aromatic carbocycles. The van der Waals surface area contributed by atoms with E-state index in [9.17, 15) is 9.90 Å². The zero-order valence-electron chi connectivity index (χ0n) is 10.3. The van der Waals surface area contributed by atoms with Gasteiger partial charge in [0.2, 0.25) is 0 Å². The average molecular weight is 314 g/mol. The SMILES string of the molecule is Cc1nc(NC(=O)NC2CC(C)(O)C2)ccc1Br. The number of rotatable bonds is 2. The second-order valence-corrected chi connectivity index (χ2v) is 5.82. The lowest BCUT2D eigenvalue weighted by molar-refractivity contribution is -0.0351. The number of carbonyl (C=O) groups is 1. The van der Waals surface area contributed by atoms with Crippen LogP contribution in [0, 0.1) is 6.92 Å². The van der Waals surface area contributed by atoms with Crippen LogP contribution in [-0.4, -0.2) is 27.8 Å². The van der Waals surface area contributed by atoms with Gasteiger partial charge in [-0.25, -0.2) is 9.78 Å². The number of aromatic nitrogens is 1. The number of anilines is 1. The molecule has 5 nitrogen and oxygen atoms in total. The Morgan fingerprint density at radius 1 is 1.56 bits per heavy atom. The predicted molar refractivity (Wildman–Crippen MR) is 72.5 cm³/mol. The van der Waals surface area contributed by atoms with E-state index in [1.165, 1.54) is 0 Å². The molecule has 1 aliphatic rings. The molecule has 18 heavy (non-hydrogen) atoms. The zero-order chi connectivity index (χ0) is 13.3. The van der Waals surface area contributed by atoms with Gasteiger partial charge in [0.1, 0.15) is 5.82 Å². The summed E-state index contributed by atoms with van der Waals surface area (Å²) in [7, 11) is 0. The molecule has 0 atom stereocenters. The molecule has 1 heterocycles. The number of amides is 2. The predicted octanol–water partition coefficient (Wildman–Crippen LogP) is 2.19. The van der Waals surface area contributed by atoms with Crippen LogP contribution in [0.2, 0.25) is 0 Å². The van der Waals surface area contributed by atoms with Gasteiger partial charge < -0.3 is 10.4 Å². The topological polar surface area (TPSA) is 74.2 Å². The van der Waals surface area contributed by atoms with Crippen molar-refractivity contribution >= 4 is 27.8 Å². The van der Waals surface area contributed by atoms with E-state index in [-0.39, 0.29) is 12.1 Å². The fourth-order valence-electron chi connectivity index (χ4n) is 2.06. The number of halogens is 1. The van der Waals surface area contributed by atoms with E-state index >= 15 is 0 Å². The summed E-state index contributed by atoms with van der Waals surface area (Å²) in [4.78, 5) is 15.9. The Bertz CT molecular complexity index is 468. The third kappa shape index (κ3) is 3.20. The lowest BCUT2D eigenvalue weighted by Crippen LogP contribution is -2.54. The van der Waals surface area contributed by atoms with Crippen LogP contribution < -0.4 is 10.6 Å². The van der Waals surface area contributed by atoms with E-state index in [0.717, 1.165) is 10.2 Å². The largest absolute Gasteiger partial charge is 0.390 e. The number of aryl methyl sites for hydroxylation is 1. The smallest absolute Gasteiger partial charge is 0.320 e. The van der Waals surface area contributed by atoms with E-state index in [0.29, 0.717) is 18.7 Å². The van der Waals surface area contributed by atoms with Crippen molar-refractivity contribution in [2.24, 2.45) is 0 Å². The van der Waals surface area contributed by atoms with E-state index in [2.05, 4.69) is 31.5 Å². The van der Waals surface area contributed by atoms with Gasteiger partial charge in [-0.05, 0) is 54.8 Å². The Morgan fingerprint density at radius 2 is 2.22 bits per heavy atom. The van der Waals surface area contributed by atoms with Crippen molar-refractivity contribution in [2.45, 2.75) is 38.3 Å². The minimum absolute atomic E-state index is 0.0385. The summed E-state index contributed by atoms with van der Waals surface area (Å²) in [5, 5.41) is 15.0. The second kappa shape index (κ2) is 4.85. The van der Waals surface area contributed by atoms with Crippen LogP contribution in [0.15, 0.2) is 16.6 Å². The van der Waals surface area contributed by atoms with E-state index < -0.39 is 5.60 Å². The van der Waals surface area contributed by atoms with Gasteiger partial charge in [0.05, 0.1) is 11.3 Å². The maximum Gasteiger partial charge on any atom is 0.320 e. The van der Waals surface area contributed by atoms with Crippen LogP contribution in [0.4, 0.5) is 10.6 Å². The summed E-state index contributed by atoms with van der Waals surface area (Å²) < 4.78 is 0.906. The highest BCUT2D eigenvalue weighted by molar-refractivity contribution is 9.10. The molecule has 0 radical (unpaired) electrons. The summed E-state index contributed by atoms with van der Waals surface area (Å²) in [6.45, 7) is 3.62. The highest BCUT2D eigenvalue weighted by atomic mass is 79.9. The lowest BCUT2D eigenvalue weighted by Gasteiger charge is -2.41. The molecule has 1 aliphatic carbocycles. The molecule has 0 aliphatic heterocycles. The van der Waals surface area contributed by atoms with Gasteiger partial charge in [0, 0.05) is 10.5 Å². The Balaban J connectivity index is 1.86. The molecular formula is C12H16BrN3O2. The monoisotopic (exact) mass is 313 g/mol. The van der Waals surface area contributed by atoms with Crippen molar-refractivity contribution in [3.63, 3.8) is 0 Å². The summed E-state index contributed by atoms with van der Waals surface area (Å²) in [6.07, 6.45) is 1.18. The van der Waals surface area contributed by atoms with Gasteiger partial charge in [0.25, 0.3) is 0 Å². The first kappa shape index (κ1) is 13.3. The third-order valence-electron chi connectivity index (χ3n) is 2.97. The minimum Gasteiger partial charge on any atom is -0.390 e. The van der Waals surface area contributed by atoms with Crippen LogP contribution in [0.3, 0.4) is 0 Å². The highest BCUT2D eigenvalue weighted by Gasteiger charge is 2.39. The number of hydrogen-bond acceptors (Lipinski definition) is 3. The first-order valence-electron chi connectivity index (χ1n) is 5.79. The molecule has 1 aromatic heterocycles. The highest BCUT2D eigenvalue weighted by Crippen LogP contribution is 2.31. The normalized spacial score (nSPS) is 26.3. The Hall–Kier alpha value is -1.14. The third-order valence-corrected chi connectivity index (χ3v) is 3.81. The zero-order valence-corrected chi connectivity index (χ0v) is 11.9. The van der Waals surface area contributed by atoms with E-state index in [1.54, 1.807) is 13.0 Å². The molecule has 2 rings (SSSR count). The van der Waals surface area contributed by atoms with Gasteiger partial charge in [-0.2, -0.15) is 0 Å². The molecule has 0 saturated heterocycles. The fourth-order valence-corrected chi connectivity index (χ4v) is 2.28. The second-order valence-electron chi connectivity index (χ2n) is 4.96. The molecule has 1 aromatic rings. The average Bonchev–Trinajstić information content (AvgIpc) is 2.21. The summed E-state index contributed by atoms with van der Waals surface area (Å²) >= 11 is 3.35. The molecule has 1 saturated carbocycles. The van der Waals surface area contributed by atoms with Crippen LogP contribution in [-0.2, 0) is 0 Å². The fraction of sp³-hybridized carbons (Fsp3) is 0.500. The maximum absolute atomic E-state index is 11.7. The Kier molecular flexibility index (Phi) is 3.59. The van der Waals surface area contributed by atoms with Crippen molar-refractivity contribution in [2.75, 3.05) is 5.32 Å². The van der Waals surface area contributed by atoms with Crippen molar-refractivity contribution < 1.29 is 9.90 Å². The van der Waals surface area contributed by atoms with Crippen molar-refractivity contribution in [1.82, 2.24) is 10.3 Å². The Labute approximate surface area is 114 Å². The molecule has 1 fully saturated rings. The number of urea groups is 1. The number of carbonyl (C=O) groups excluding carboxylic acids is 1. The molecule has 3 N–H and O–H groups in total. The first-order valence-corrected chi connectivity index (χ1v) is 6.58. The summed E-state index contributed by atoms with van der Waals surface area (Å²) in [5.74, 6) is 0.513. The van der Waals surface area contributed by atoms with Gasteiger partial charge in [-0.15, -0.1) is 0 Å². The summed E-state index contributed by atoms with van der Waals surface area (Å²) in [6, 6.07) is 3.32. The van der Waals surface area contributed by atoms with Gasteiger partial charge in [-0.1, -0.05) is 0 Å². The maximum atomic E-state index is 11.7. The molecule has 0 spiro atoms. The number of pyridine rings is 1. The number of nitrogens with one attached hydrogen (secondary N) is 2. The van der Waals surface area contributed by atoms with Crippen LogP contribution in [0.5, 0.6) is 0 Å². The lowest BCUT2D eigenvalue weighted by atomic mass is 9.77. The number of hydrogen-bond donors (Lipinski definition) is 3. The van der Waals surface area contributed by atoms with Crippen LogP contribution in [0.25, 0.3) is 0 Å². The van der Waals surface area contributed by atoms with E-state index in [1.807, 2.05) is 13.0 Å². The molecular weight excluding hydrogens is 298 g/mol. The Morgan fingerprint density at radius 3 is 2.78 bits per heavy atom. The minimum atomic E-state index is -0.635. The van der Waals surface area contributed by atoms with Crippen molar-refractivity contribution in [3.05, 3.63) is 22.3 Å². The van der Waals surface area contributed by atoms with Crippen molar-refractivity contribution in [3.8, 4) is 0 Å². The standard InChI is InChI=1S/C12H16BrN3O2/c1-7-9(13)3-4-10(14-7)16-11(17)15-8-5-12(2,18)6-8/h3-4,8,18H,5-6H2,1-2H3,(H2,14,15,16,17). The molecule has 0 bridgehead atoms. The number of aliphatic hydroxyl groups is 1. The van der Waals surface area contributed by atoms with Crippen LogP contribution in [0.1, 0.15) is 25.5 Å².